The van der Waals surface area contributed by atoms with Crippen molar-refractivity contribution in [3.05, 3.63) is 126 Å². The van der Waals surface area contributed by atoms with Crippen LogP contribution >= 0.6 is 0 Å². The van der Waals surface area contributed by atoms with Crippen molar-refractivity contribution in [1.82, 2.24) is 25.6 Å². The third-order valence-electron chi connectivity index (χ3n) is 19.3. The van der Waals surface area contributed by atoms with E-state index in [9.17, 15) is 4.79 Å². The molecule has 3 heterocycles. The number of fused-ring (bicyclic) bond motifs is 2. The molecule has 14 rings (SSSR count). The molecule has 11 nitrogen and oxygen atoms in total. The van der Waals surface area contributed by atoms with Gasteiger partial charge in [-0.25, -0.2) is 9.97 Å². The van der Waals surface area contributed by atoms with Crippen molar-refractivity contribution in [3.63, 3.8) is 0 Å². The second-order valence-electron chi connectivity index (χ2n) is 24.3. The zero-order valence-electron chi connectivity index (χ0n) is 43.8. The largest absolute Gasteiger partial charge is 0.370 e. The van der Waals surface area contributed by atoms with Gasteiger partial charge in [0.2, 0.25) is 11.8 Å². The zero-order valence-corrected chi connectivity index (χ0v) is 43.8. The summed E-state index contributed by atoms with van der Waals surface area (Å²) in [4.78, 5) is 49.2. The first kappa shape index (κ1) is 49.0. The SMILES string of the molecule is Cc1cccc(CNCCCNc2ccc3c(N(C(=O)C(CC(N)=O)(C45CC6CC(CC(C6)C4)C5)C45CC6CC(CC(C6)C4)C5)c4cccc5nc(NCCCNCc6ccccc6C)ccc45)cccc3n2)n1. The molecular weight excluding hydrogens is 915 g/mol. The normalized spacial score (nSPS) is 27.1. The average molecular weight is 992 g/mol. The predicted molar refractivity (Wildman–Crippen MR) is 298 cm³/mol. The smallest absolute Gasteiger partial charge is 0.239 e. The molecule has 8 aliphatic carbocycles. The number of rotatable bonds is 21. The van der Waals surface area contributed by atoms with Gasteiger partial charge >= 0.3 is 0 Å². The van der Waals surface area contributed by atoms with E-state index in [0.29, 0.717) is 35.5 Å². The number of hydrogen-bond donors (Lipinski definition) is 5. The summed E-state index contributed by atoms with van der Waals surface area (Å²) < 4.78 is 0. The first-order valence-corrected chi connectivity index (χ1v) is 28.3. The summed E-state index contributed by atoms with van der Waals surface area (Å²) in [5.74, 6) is 4.91. The summed E-state index contributed by atoms with van der Waals surface area (Å²) in [6.45, 7) is 9.04. The van der Waals surface area contributed by atoms with Crippen molar-refractivity contribution in [1.29, 1.82) is 0 Å². The minimum atomic E-state index is -0.970. The summed E-state index contributed by atoms with van der Waals surface area (Å²) in [6, 6.07) is 35.6. The summed E-state index contributed by atoms with van der Waals surface area (Å²) in [7, 11) is 0. The maximum Gasteiger partial charge on any atom is 0.239 e. The molecule has 0 saturated heterocycles. The van der Waals surface area contributed by atoms with E-state index in [1.807, 2.05) is 13.0 Å². The summed E-state index contributed by atoms with van der Waals surface area (Å²) in [5.41, 5.74) is 13.1. The third-order valence-corrected chi connectivity index (χ3v) is 19.3. The number of amides is 2. The molecule has 386 valence electrons. The molecule has 0 atom stereocenters. The lowest BCUT2D eigenvalue weighted by molar-refractivity contribution is -0.226. The Kier molecular flexibility index (Phi) is 13.5. The minimum Gasteiger partial charge on any atom is -0.370 e. The van der Waals surface area contributed by atoms with E-state index < -0.39 is 5.41 Å². The standard InChI is InChI=1S/C63H77N9O2/c1-41-10-3-4-12-49(41)39-65-22-8-24-67-58-20-18-51-53(70-58)14-6-16-55(51)72(56-17-7-15-54-52(56)19-21-59(71-54)68-25-9-23-66-40-50-13-5-11-42(2)69-50)60(74)63(38-57(64)73,61-32-43-26-44(33-61)28-45(27-43)34-61)62-35-46-29-47(36-62)31-48(30-46)37-62/h3-7,10-21,43-48,65-66H,8-9,22-40H2,1-2H3,(H2,64,73)(H,67,70)(H,68,71). The Morgan fingerprint density at radius 2 is 1.05 bits per heavy atom. The molecule has 0 unspecified atom stereocenters. The number of aromatic nitrogens is 3. The molecule has 6 aromatic rings. The van der Waals surface area contributed by atoms with Crippen LogP contribution in [-0.2, 0) is 22.7 Å². The molecular formula is C63H77N9O2. The Morgan fingerprint density at radius 1 is 0.568 bits per heavy atom. The monoisotopic (exact) mass is 992 g/mol. The van der Waals surface area contributed by atoms with E-state index >= 15 is 4.79 Å². The van der Waals surface area contributed by atoms with Crippen molar-refractivity contribution in [2.24, 2.45) is 57.5 Å². The molecule has 6 N–H and O–H groups in total. The average Bonchev–Trinajstić information content (AvgIpc) is 3.43. The van der Waals surface area contributed by atoms with Crippen LogP contribution in [0.25, 0.3) is 21.8 Å². The summed E-state index contributed by atoms with van der Waals surface area (Å²) in [6.07, 6.45) is 15.6. The van der Waals surface area contributed by atoms with Crippen LogP contribution in [0.1, 0.15) is 119 Å². The van der Waals surface area contributed by atoms with Crippen LogP contribution in [-0.4, -0.2) is 52.9 Å². The minimum absolute atomic E-state index is 0.0798. The number of carbonyl (C=O) groups is 2. The van der Waals surface area contributed by atoms with Crippen molar-refractivity contribution in [2.45, 2.75) is 123 Å². The number of nitrogens with one attached hydrogen (secondary N) is 4. The number of nitrogens with two attached hydrogens (primary N) is 1. The summed E-state index contributed by atoms with van der Waals surface area (Å²) >= 11 is 0. The summed E-state index contributed by atoms with van der Waals surface area (Å²) in [5, 5.41) is 16.1. The van der Waals surface area contributed by atoms with Crippen molar-refractivity contribution < 1.29 is 9.59 Å². The number of benzene rings is 3. The molecule has 3 aromatic heterocycles. The van der Waals surface area contributed by atoms with Crippen LogP contribution < -0.4 is 31.9 Å². The van der Waals surface area contributed by atoms with Crippen molar-refractivity contribution >= 4 is 56.6 Å². The van der Waals surface area contributed by atoms with Gasteiger partial charge in [-0.2, -0.15) is 0 Å². The number of anilines is 4. The topological polar surface area (TPSA) is 150 Å². The molecule has 11 heteroatoms. The maximum absolute atomic E-state index is 17.7. The van der Waals surface area contributed by atoms with E-state index in [0.717, 1.165) is 147 Å². The van der Waals surface area contributed by atoms with E-state index in [4.69, 9.17) is 15.7 Å². The van der Waals surface area contributed by atoms with Crippen LogP contribution in [0.4, 0.5) is 23.0 Å². The highest BCUT2D eigenvalue weighted by Gasteiger charge is 2.74. The van der Waals surface area contributed by atoms with Crippen molar-refractivity contribution in [3.8, 4) is 0 Å². The van der Waals surface area contributed by atoms with Crippen LogP contribution in [0.5, 0.6) is 0 Å². The predicted octanol–water partition coefficient (Wildman–Crippen LogP) is 11.9. The van der Waals surface area contributed by atoms with Crippen LogP contribution in [0.2, 0.25) is 0 Å². The van der Waals surface area contributed by atoms with E-state index in [-0.39, 0.29) is 29.1 Å². The Hall–Kier alpha value is -5.91. The lowest BCUT2D eigenvalue weighted by Gasteiger charge is -2.72. The number of primary amides is 1. The van der Waals surface area contributed by atoms with Gasteiger partial charge < -0.3 is 27.0 Å². The second kappa shape index (κ2) is 20.3. The Bertz CT molecular complexity index is 2930. The van der Waals surface area contributed by atoms with Gasteiger partial charge in [-0.05, 0) is 235 Å². The Balaban J connectivity index is 0.908. The van der Waals surface area contributed by atoms with Gasteiger partial charge in [0.1, 0.15) is 11.6 Å². The molecule has 3 aromatic carbocycles. The highest BCUT2D eigenvalue weighted by Crippen LogP contribution is 2.77. The first-order chi connectivity index (χ1) is 36.1. The number of aryl methyl sites for hydroxylation is 2. The van der Waals surface area contributed by atoms with E-state index in [1.54, 1.807) is 0 Å². The highest BCUT2D eigenvalue weighted by atomic mass is 16.2. The first-order valence-electron chi connectivity index (χ1n) is 28.3. The van der Waals surface area contributed by atoms with Gasteiger partial charge in [0.05, 0.1) is 33.5 Å². The lowest BCUT2D eigenvalue weighted by atomic mass is 9.32. The third kappa shape index (κ3) is 9.24. The van der Waals surface area contributed by atoms with Gasteiger partial charge in [0, 0.05) is 49.1 Å². The van der Waals surface area contributed by atoms with E-state index in [2.05, 4.69) is 135 Å². The van der Waals surface area contributed by atoms with Crippen LogP contribution in [0.15, 0.2) is 103 Å². The quantitative estimate of drug-likeness (QED) is 0.0444. The van der Waals surface area contributed by atoms with Gasteiger partial charge in [0.15, 0.2) is 0 Å². The number of nitrogens with zero attached hydrogens (tertiary/aromatic N) is 4. The van der Waals surface area contributed by atoms with E-state index in [1.165, 1.54) is 49.7 Å². The lowest BCUT2D eigenvalue weighted by Crippen LogP contribution is -2.70. The molecule has 0 aliphatic heterocycles. The fourth-order valence-corrected chi connectivity index (χ4v) is 17.2. The zero-order chi connectivity index (χ0) is 50.4. The molecule has 8 aliphatic rings. The Morgan fingerprint density at radius 3 is 1.54 bits per heavy atom. The van der Waals surface area contributed by atoms with Gasteiger partial charge in [-0.15, -0.1) is 0 Å². The van der Waals surface area contributed by atoms with Gasteiger partial charge in [0.25, 0.3) is 0 Å². The van der Waals surface area contributed by atoms with Crippen LogP contribution in [0.3, 0.4) is 0 Å². The number of hydrogen-bond acceptors (Lipinski definition) is 9. The molecule has 0 spiro atoms. The molecule has 8 saturated carbocycles. The number of carbonyl (C=O) groups excluding carboxylic acids is 2. The van der Waals surface area contributed by atoms with Crippen LogP contribution in [0, 0.1) is 65.6 Å². The fraction of sp³-hybridized carbons (Fsp3) is 0.508. The van der Waals surface area contributed by atoms with Crippen molar-refractivity contribution in [2.75, 3.05) is 41.7 Å². The van der Waals surface area contributed by atoms with Gasteiger partial charge in [-0.3, -0.25) is 19.5 Å². The Labute approximate surface area is 438 Å². The second-order valence-corrected chi connectivity index (χ2v) is 24.3. The molecule has 8 fully saturated rings. The number of pyridine rings is 3. The van der Waals surface area contributed by atoms with Gasteiger partial charge in [-0.1, -0.05) is 42.5 Å². The molecule has 8 bridgehead atoms. The molecule has 74 heavy (non-hydrogen) atoms. The fourth-order valence-electron chi connectivity index (χ4n) is 17.2. The molecule has 2 amide bonds. The molecule has 0 radical (unpaired) electrons. The highest BCUT2D eigenvalue weighted by molar-refractivity contribution is 6.15. The maximum atomic E-state index is 17.7.